The number of aromatic nitrogens is 1. The highest BCUT2D eigenvalue weighted by molar-refractivity contribution is 5.35. The third-order valence-electron chi connectivity index (χ3n) is 3.70. The standard InChI is InChI=1S/C18H25FN2/c1-2-3-4-5-6-13-20-15-18-8-7-14-21(18)17-11-9-16(19)10-12-17/h7-12,14,20H,2-6,13,15H2,1H3. The predicted molar refractivity (Wildman–Crippen MR) is 86.2 cm³/mol. The zero-order chi connectivity index (χ0) is 14.9. The van der Waals surface area contributed by atoms with Gasteiger partial charge >= 0.3 is 0 Å². The molecule has 0 radical (unpaired) electrons. The van der Waals surface area contributed by atoms with Gasteiger partial charge < -0.3 is 9.88 Å². The maximum Gasteiger partial charge on any atom is 0.123 e. The normalized spacial score (nSPS) is 11.0. The molecular weight excluding hydrogens is 263 g/mol. The summed E-state index contributed by atoms with van der Waals surface area (Å²) in [5.41, 5.74) is 2.20. The number of rotatable bonds is 9. The van der Waals surface area contributed by atoms with E-state index in [0.717, 1.165) is 18.8 Å². The average Bonchev–Trinajstić information content (AvgIpc) is 2.95. The Bertz CT molecular complexity index is 516. The maximum atomic E-state index is 13.0. The van der Waals surface area contributed by atoms with Gasteiger partial charge in [-0.2, -0.15) is 0 Å². The lowest BCUT2D eigenvalue weighted by Crippen LogP contribution is -2.16. The quantitative estimate of drug-likeness (QED) is 0.663. The van der Waals surface area contributed by atoms with Gasteiger partial charge in [0.2, 0.25) is 0 Å². The first kappa shape index (κ1) is 15.8. The Labute approximate surface area is 127 Å². The molecule has 114 valence electrons. The molecule has 0 aliphatic rings. The van der Waals surface area contributed by atoms with Crippen LogP contribution in [0, 0.1) is 5.82 Å². The van der Waals surface area contributed by atoms with E-state index in [9.17, 15) is 4.39 Å². The van der Waals surface area contributed by atoms with Crippen molar-refractivity contribution in [1.29, 1.82) is 0 Å². The van der Waals surface area contributed by atoms with Gasteiger partial charge in [-0.05, 0) is 49.4 Å². The third kappa shape index (κ3) is 5.01. The van der Waals surface area contributed by atoms with Crippen molar-refractivity contribution in [2.24, 2.45) is 0 Å². The highest BCUT2D eigenvalue weighted by Crippen LogP contribution is 2.13. The molecule has 2 nitrogen and oxygen atoms in total. The largest absolute Gasteiger partial charge is 0.320 e. The third-order valence-corrected chi connectivity index (χ3v) is 3.70. The van der Waals surface area contributed by atoms with Gasteiger partial charge in [0.15, 0.2) is 0 Å². The number of halogens is 1. The molecule has 0 amide bonds. The van der Waals surface area contributed by atoms with Crippen molar-refractivity contribution >= 4 is 0 Å². The van der Waals surface area contributed by atoms with Gasteiger partial charge in [-0.1, -0.05) is 32.6 Å². The van der Waals surface area contributed by atoms with E-state index >= 15 is 0 Å². The molecule has 3 heteroatoms. The molecule has 0 spiro atoms. The molecule has 0 aliphatic carbocycles. The number of hydrogen-bond acceptors (Lipinski definition) is 1. The predicted octanol–water partition coefficient (Wildman–Crippen LogP) is 4.68. The molecule has 2 aromatic rings. The topological polar surface area (TPSA) is 17.0 Å². The smallest absolute Gasteiger partial charge is 0.123 e. The van der Waals surface area contributed by atoms with Crippen molar-refractivity contribution in [3.05, 3.63) is 54.1 Å². The van der Waals surface area contributed by atoms with E-state index in [-0.39, 0.29) is 5.82 Å². The van der Waals surface area contributed by atoms with E-state index in [1.165, 1.54) is 49.9 Å². The minimum absolute atomic E-state index is 0.197. The molecule has 1 aromatic heterocycles. The van der Waals surface area contributed by atoms with Crippen LogP contribution in [0.4, 0.5) is 4.39 Å². The van der Waals surface area contributed by atoms with Crippen molar-refractivity contribution in [3.8, 4) is 5.69 Å². The highest BCUT2D eigenvalue weighted by Gasteiger charge is 2.03. The van der Waals surface area contributed by atoms with Gasteiger partial charge in [0.05, 0.1) is 0 Å². The molecular formula is C18H25FN2. The molecule has 1 N–H and O–H groups in total. The van der Waals surface area contributed by atoms with Crippen LogP contribution in [-0.2, 0) is 6.54 Å². The summed E-state index contributed by atoms with van der Waals surface area (Å²) in [6, 6.07) is 10.8. The lowest BCUT2D eigenvalue weighted by molar-refractivity contribution is 0.577. The van der Waals surface area contributed by atoms with Crippen LogP contribution in [0.5, 0.6) is 0 Å². The van der Waals surface area contributed by atoms with Crippen molar-refractivity contribution in [2.75, 3.05) is 6.54 Å². The highest BCUT2D eigenvalue weighted by atomic mass is 19.1. The minimum atomic E-state index is -0.197. The summed E-state index contributed by atoms with van der Waals surface area (Å²) in [5.74, 6) is -0.197. The molecule has 0 bridgehead atoms. The fourth-order valence-electron chi connectivity index (χ4n) is 2.48. The second-order valence-electron chi connectivity index (χ2n) is 5.44. The number of benzene rings is 1. The van der Waals surface area contributed by atoms with Crippen LogP contribution in [0.2, 0.25) is 0 Å². The second-order valence-corrected chi connectivity index (χ2v) is 5.44. The Morgan fingerprint density at radius 2 is 1.76 bits per heavy atom. The fourth-order valence-corrected chi connectivity index (χ4v) is 2.48. The van der Waals surface area contributed by atoms with E-state index in [1.807, 2.05) is 24.4 Å². The van der Waals surface area contributed by atoms with Crippen LogP contribution < -0.4 is 5.32 Å². The SMILES string of the molecule is CCCCCCCNCc1cccn1-c1ccc(F)cc1. The van der Waals surface area contributed by atoms with Crippen LogP contribution in [0.15, 0.2) is 42.6 Å². The van der Waals surface area contributed by atoms with Crippen LogP contribution in [0.1, 0.15) is 44.7 Å². The van der Waals surface area contributed by atoms with Crippen LogP contribution in [-0.4, -0.2) is 11.1 Å². The average molecular weight is 288 g/mol. The Morgan fingerprint density at radius 1 is 1.00 bits per heavy atom. The van der Waals surface area contributed by atoms with Crippen molar-refractivity contribution in [2.45, 2.75) is 45.6 Å². The summed E-state index contributed by atoms with van der Waals surface area (Å²) in [7, 11) is 0. The van der Waals surface area contributed by atoms with E-state index in [2.05, 4.69) is 22.9 Å². The number of unbranched alkanes of at least 4 members (excludes halogenated alkanes) is 4. The first-order valence-corrected chi connectivity index (χ1v) is 7.94. The second kappa shape index (κ2) is 8.63. The number of hydrogen-bond donors (Lipinski definition) is 1. The summed E-state index contributed by atoms with van der Waals surface area (Å²) in [4.78, 5) is 0. The molecule has 1 aromatic carbocycles. The first-order chi connectivity index (χ1) is 10.3. The van der Waals surface area contributed by atoms with Gasteiger partial charge in [0, 0.05) is 24.1 Å². The molecule has 0 fully saturated rings. The van der Waals surface area contributed by atoms with Crippen LogP contribution in [0.25, 0.3) is 5.69 Å². The maximum absolute atomic E-state index is 13.0. The Kier molecular flexibility index (Phi) is 6.48. The van der Waals surface area contributed by atoms with Crippen molar-refractivity contribution in [3.63, 3.8) is 0 Å². The Balaban J connectivity index is 1.79. The van der Waals surface area contributed by atoms with Crippen molar-refractivity contribution in [1.82, 2.24) is 9.88 Å². The Morgan fingerprint density at radius 3 is 2.52 bits per heavy atom. The van der Waals surface area contributed by atoms with Crippen LogP contribution >= 0.6 is 0 Å². The van der Waals surface area contributed by atoms with E-state index in [4.69, 9.17) is 0 Å². The zero-order valence-corrected chi connectivity index (χ0v) is 12.8. The summed E-state index contributed by atoms with van der Waals surface area (Å²) >= 11 is 0. The molecule has 0 atom stereocenters. The summed E-state index contributed by atoms with van der Waals surface area (Å²) in [6.07, 6.45) is 8.53. The van der Waals surface area contributed by atoms with E-state index < -0.39 is 0 Å². The van der Waals surface area contributed by atoms with Gasteiger partial charge in [0.1, 0.15) is 5.82 Å². The minimum Gasteiger partial charge on any atom is -0.320 e. The lowest BCUT2D eigenvalue weighted by Gasteiger charge is -2.10. The van der Waals surface area contributed by atoms with Gasteiger partial charge in [-0.3, -0.25) is 0 Å². The van der Waals surface area contributed by atoms with Gasteiger partial charge in [-0.25, -0.2) is 4.39 Å². The van der Waals surface area contributed by atoms with Gasteiger partial charge in [0.25, 0.3) is 0 Å². The monoisotopic (exact) mass is 288 g/mol. The number of nitrogens with zero attached hydrogens (tertiary/aromatic N) is 1. The van der Waals surface area contributed by atoms with E-state index in [1.54, 1.807) is 0 Å². The lowest BCUT2D eigenvalue weighted by atomic mass is 10.1. The Hall–Kier alpha value is -1.61. The molecule has 0 saturated heterocycles. The molecule has 2 rings (SSSR count). The molecule has 21 heavy (non-hydrogen) atoms. The van der Waals surface area contributed by atoms with Gasteiger partial charge in [-0.15, -0.1) is 0 Å². The summed E-state index contributed by atoms with van der Waals surface area (Å²) < 4.78 is 15.1. The summed E-state index contributed by atoms with van der Waals surface area (Å²) in [5, 5.41) is 3.49. The number of nitrogens with one attached hydrogen (secondary N) is 1. The van der Waals surface area contributed by atoms with Crippen molar-refractivity contribution < 1.29 is 4.39 Å². The summed E-state index contributed by atoms with van der Waals surface area (Å²) in [6.45, 7) is 4.14. The first-order valence-electron chi connectivity index (χ1n) is 7.94. The zero-order valence-electron chi connectivity index (χ0n) is 12.8. The molecule has 0 saturated carbocycles. The van der Waals surface area contributed by atoms with E-state index in [0.29, 0.717) is 0 Å². The molecule has 0 aliphatic heterocycles. The molecule has 0 unspecified atom stereocenters. The van der Waals surface area contributed by atoms with Crippen LogP contribution in [0.3, 0.4) is 0 Å². The fraction of sp³-hybridized carbons (Fsp3) is 0.444. The molecule has 1 heterocycles.